The van der Waals surface area contributed by atoms with E-state index in [1.165, 1.54) is 0 Å². The minimum Gasteiger partial charge on any atom is -0.488 e. The van der Waals surface area contributed by atoms with Crippen LogP contribution in [0.1, 0.15) is 25.8 Å². The number of hydrogen-bond donors (Lipinski definition) is 2. The van der Waals surface area contributed by atoms with E-state index in [9.17, 15) is 4.79 Å². The Bertz CT molecular complexity index is 572. The second kappa shape index (κ2) is 8.56. The Morgan fingerprint density at radius 2 is 2.23 bits per heavy atom. The topological polar surface area (TPSA) is 76.7 Å². The van der Waals surface area contributed by atoms with Gasteiger partial charge in [-0.05, 0) is 18.1 Å². The number of benzene rings is 1. The van der Waals surface area contributed by atoms with E-state index >= 15 is 0 Å². The summed E-state index contributed by atoms with van der Waals surface area (Å²) in [5, 5.41) is 3.95. The molecule has 0 fully saturated rings. The molecule has 1 unspecified atom stereocenters. The SMILES string of the molecule is CCC(C)[C@@H](N)C(=O)N/N=C/C1=Cc2ccccc2OC1.Cl. The summed E-state index contributed by atoms with van der Waals surface area (Å²) >= 11 is 0. The van der Waals surface area contributed by atoms with E-state index in [0.717, 1.165) is 23.3 Å². The summed E-state index contributed by atoms with van der Waals surface area (Å²) in [6, 6.07) is 7.24. The van der Waals surface area contributed by atoms with E-state index in [1.54, 1.807) is 6.21 Å². The first-order valence-electron chi connectivity index (χ1n) is 7.12. The van der Waals surface area contributed by atoms with Crippen molar-refractivity contribution in [3.05, 3.63) is 35.4 Å². The molecule has 22 heavy (non-hydrogen) atoms. The Hall–Kier alpha value is -1.85. The summed E-state index contributed by atoms with van der Waals surface area (Å²) in [5.74, 6) is 0.722. The van der Waals surface area contributed by atoms with Crippen LogP contribution in [0.4, 0.5) is 0 Å². The van der Waals surface area contributed by atoms with Crippen LogP contribution in [-0.2, 0) is 4.79 Å². The number of hydrogen-bond acceptors (Lipinski definition) is 4. The number of nitrogens with one attached hydrogen (secondary N) is 1. The van der Waals surface area contributed by atoms with Gasteiger partial charge in [0, 0.05) is 11.1 Å². The average molecular weight is 324 g/mol. The van der Waals surface area contributed by atoms with Crippen LogP contribution in [0.25, 0.3) is 6.08 Å². The monoisotopic (exact) mass is 323 g/mol. The molecule has 5 nitrogen and oxygen atoms in total. The first-order chi connectivity index (χ1) is 10.1. The highest BCUT2D eigenvalue weighted by molar-refractivity contribution is 5.89. The highest BCUT2D eigenvalue weighted by Crippen LogP contribution is 2.24. The molecule has 1 aromatic carbocycles. The third-order valence-corrected chi connectivity index (χ3v) is 3.62. The lowest BCUT2D eigenvalue weighted by Crippen LogP contribution is -2.42. The third kappa shape index (κ3) is 4.58. The number of halogens is 1. The van der Waals surface area contributed by atoms with Crippen LogP contribution >= 0.6 is 12.4 Å². The standard InChI is InChI=1S/C16H21N3O2.ClH/c1-3-11(2)15(17)16(20)19-18-9-12-8-13-6-4-5-7-14(13)21-10-12;/h4-9,11,15H,3,10,17H2,1-2H3,(H,19,20);1H/b18-9+;/t11?,15-;/m1./s1. The predicted octanol–water partition coefficient (Wildman–Crippen LogP) is 2.36. The molecular formula is C16H22ClN3O2. The lowest BCUT2D eigenvalue weighted by molar-refractivity contribution is -0.123. The fourth-order valence-corrected chi connectivity index (χ4v) is 1.97. The molecule has 120 valence electrons. The molecule has 6 heteroatoms. The number of ether oxygens (including phenoxy) is 1. The summed E-state index contributed by atoms with van der Waals surface area (Å²) in [5.41, 5.74) is 10.2. The lowest BCUT2D eigenvalue weighted by Gasteiger charge is -2.16. The second-order valence-corrected chi connectivity index (χ2v) is 5.19. The van der Waals surface area contributed by atoms with E-state index < -0.39 is 6.04 Å². The van der Waals surface area contributed by atoms with E-state index in [2.05, 4.69) is 10.5 Å². The van der Waals surface area contributed by atoms with Crippen molar-refractivity contribution in [2.45, 2.75) is 26.3 Å². The highest BCUT2D eigenvalue weighted by atomic mass is 35.5. The number of amides is 1. The number of nitrogens with two attached hydrogens (primary N) is 1. The van der Waals surface area contributed by atoms with Gasteiger partial charge in [0.05, 0.1) is 12.3 Å². The number of para-hydroxylation sites is 1. The Labute approximate surface area is 137 Å². The van der Waals surface area contributed by atoms with Gasteiger partial charge in [0.1, 0.15) is 12.4 Å². The van der Waals surface area contributed by atoms with Gasteiger partial charge in [-0.3, -0.25) is 4.79 Å². The predicted molar refractivity (Wildman–Crippen MR) is 91.2 cm³/mol. The number of hydrazone groups is 1. The smallest absolute Gasteiger partial charge is 0.257 e. The molecule has 1 amide bonds. The summed E-state index contributed by atoms with van der Waals surface area (Å²) in [7, 11) is 0. The zero-order valence-electron chi connectivity index (χ0n) is 12.8. The van der Waals surface area contributed by atoms with E-state index in [1.807, 2.05) is 44.2 Å². The number of nitrogens with zero attached hydrogens (tertiary/aromatic N) is 1. The molecule has 0 radical (unpaired) electrons. The normalized spacial score (nSPS) is 15.9. The Morgan fingerprint density at radius 3 is 2.95 bits per heavy atom. The molecule has 0 bridgehead atoms. The molecule has 1 heterocycles. The molecule has 2 rings (SSSR count). The quantitative estimate of drug-likeness (QED) is 0.645. The minimum absolute atomic E-state index is 0. The van der Waals surface area contributed by atoms with Crippen molar-refractivity contribution < 1.29 is 9.53 Å². The summed E-state index contributed by atoms with van der Waals surface area (Å²) in [6.45, 7) is 4.39. The molecule has 0 saturated carbocycles. The van der Waals surface area contributed by atoms with Crippen LogP contribution in [-0.4, -0.2) is 24.8 Å². The first-order valence-corrected chi connectivity index (χ1v) is 7.12. The molecule has 1 aliphatic heterocycles. The van der Waals surface area contributed by atoms with Gasteiger partial charge in [-0.25, -0.2) is 5.43 Å². The van der Waals surface area contributed by atoms with Crippen LogP contribution in [0, 0.1) is 5.92 Å². The van der Waals surface area contributed by atoms with Gasteiger partial charge >= 0.3 is 0 Å². The zero-order chi connectivity index (χ0) is 15.2. The Morgan fingerprint density at radius 1 is 1.50 bits per heavy atom. The molecule has 1 aliphatic rings. The highest BCUT2D eigenvalue weighted by Gasteiger charge is 2.18. The van der Waals surface area contributed by atoms with Crippen molar-refractivity contribution in [2.24, 2.45) is 16.8 Å². The maximum atomic E-state index is 11.8. The molecule has 2 atom stereocenters. The van der Waals surface area contributed by atoms with E-state index in [-0.39, 0.29) is 24.2 Å². The average Bonchev–Trinajstić information content (AvgIpc) is 2.53. The number of carbonyl (C=O) groups is 1. The number of rotatable bonds is 5. The van der Waals surface area contributed by atoms with Crippen LogP contribution in [0.5, 0.6) is 5.75 Å². The van der Waals surface area contributed by atoms with Gasteiger partial charge in [0.2, 0.25) is 0 Å². The zero-order valence-corrected chi connectivity index (χ0v) is 13.6. The summed E-state index contributed by atoms with van der Waals surface area (Å²) in [6.07, 6.45) is 4.44. The first kappa shape index (κ1) is 18.2. The van der Waals surface area contributed by atoms with Crippen LogP contribution < -0.4 is 15.9 Å². The minimum atomic E-state index is -0.538. The van der Waals surface area contributed by atoms with Crippen LogP contribution in [0.3, 0.4) is 0 Å². The molecule has 0 aliphatic carbocycles. The van der Waals surface area contributed by atoms with Gasteiger partial charge in [0.25, 0.3) is 5.91 Å². The van der Waals surface area contributed by atoms with Crippen molar-refractivity contribution in [1.82, 2.24) is 5.43 Å². The molecule has 0 spiro atoms. The summed E-state index contributed by atoms with van der Waals surface area (Å²) < 4.78 is 5.60. The van der Waals surface area contributed by atoms with Crippen LogP contribution in [0.2, 0.25) is 0 Å². The largest absolute Gasteiger partial charge is 0.488 e. The summed E-state index contributed by atoms with van der Waals surface area (Å²) in [4.78, 5) is 11.8. The van der Waals surface area contributed by atoms with E-state index in [4.69, 9.17) is 10.5 Å². The van der Waals surface area contributed by atoms with Crippen molar-refractivity contribution in [1.29, 1.82) is 0 Å². The van der Waals surface area contributed by atoms with Crippen molar-refractivity contribution in [3.63, 3.8) is 0 Å². The van der Waals surface area contributed by atoms with Gasteiger partial charge in [-0.2, -0.15) is 5.10 Å². The molecule has 0 saturated heterocycles. The van der Waals surface area contributed by atoms with Gasteiger partial charge in [-0.15, -0.1) is 12.4 Å². The van der Waals surface area contributed by atoms with E-state index in [0.29, 0.717) is 6.61 Å². The van der Waals surface area contributed by atoms with Crippen molar-refractivity contribution in [2.75, 3.05) is 6.61 Å². The molecule has 1 aromatic rings. The van der Waals surface area contributed by atoms with Gasteiger partial charge in [0.15, 0.2) is 0 Å². The molecular weight excluding hydrogens is 302 g/mol. The molecule has 3 N–H and O–H groups in total. The fraction of sp³-hybridized carbons (Fsp3) is 0.375. The van der Waals surface area contributed by atoms with Crippen LogP contribution in [0.15, 0.2) is 34.9 Å². The second-order valence-electron chi connectivity index (χ2n) is 5.19. The van der Waals surface area contributed by atoms with Crippen molar-refractivity contribution >= 4 is 30.6 Å². The number of carbonyl (C=O) groups excluding carboxylic acids is 1. The number of fused-ring (bicyclic) bond motifs is 1. The molecule has 0 aromatic heterocycles. The van der Waals surface area contributed by atoms with Crippen molar-refractivity contribution in [3.8, 4) is 5.75 Å². The maximum Gasteiger partial charge on any atom is 0.257 e. The maximum absolute atomic E-state index is 11.8. The lowest BCUT2D eigenvalue weighted by atomic mass is 10.00. The third-order valence-electron chi connectivity index (χ3n) is 3.62. The van der Waals surface area contributed by atoms with Gasteiger partial charge < -0.3 is 10.5 Å². The van der Waals surface area contributed by atoms with Gasteiger partial charge in [-0.1, -0.05) is 38.5 Å². The fourth-order valence-electron chi connectivity index (χ4n) is 1.97. The Balaban J connectivity index is 0.00000242. The Kier molecular flexibility index (Phi) is 7.08.